The van der Waals surface area contributed by atoms with Crippen LogP contribution in [0.3, 0.4) is 0 Å². The van der Waals surface area contributed by atoms with Crippen LogP contribution in [0, 0.1) is 5.82 Å². The summed E-state index contributed by atoms with van der Waals surface area (Å²) in [4.78, 5) is 17.3. The molecule has 1 aromatic carbocycles. The molecule has 16 heavy (non-hydrogen) atoms. The van der Waals surface area contributed by atoms with Crippen molar-refractivity contribution in [2.75, 3.05) is 6.35 Å². The fourth-order valence-corrected chi connectivity index (χ4v) is 1.66. The van der Waals surface area contributed by atoms with Gasteiger partial charge in [-0.1, -0.05) is 19.9 Å². The topological polar surface area (TPSA) is 66.8 Å². The molecule has 0 heterocycles. The van der Waals surface area contributed by atoms with E-state index in [0.29, 0.717) is 5.56 Å². The van der Waals surface area contributed by atoms with E-state index in [2.05, 4.69) is 0 Å². The molecule has 0 fully saturated rings. The van der Waals surface area contributed by atoms with Gasteiger partial charge in [0.2, 0.25) is 0 Å². The summed E-state index contributed by atoms with van der Waals surface area (Å²) in [6.45, 7) is 3.56. The highest BCUT2D eigenvalue weighted by molar-refractivity contribution is 7.51. The zero-order valence-corrected chi connectivity index (χ0v) is 9.95. The minimum Gasteiger partial charge on any atom is -0.481 e. The lowest BCUT2D eigenvalue weighted by atomic mass is 10.0. The fourth-order valence-electron chi connectivity index (χ4n) is 1.36. The van der Waals surface area contributed by atoms with Crippen LogP contribution in [0.5, 0.6) is 5.75 Å². The zero-order valence-electron chi connectivity index (χ0n) is 9.05. The molecule has 0 unspecified atom stereocenters. The third kappa shape index (κ3) is 3.59. The summed E-state index contributed by atoms with van der Waals surface area (Å²) in [5.74, 6) is -0.371. The number of rotatable bonds is 4. The van der Waals surface area contributed by atoms with Gasteiger partial charge in [-0.25, -0.2) is 4.39 Å². The highest BCUT2D eigenvalue weighted by atomic mass is 31.2. The Kier molecular flexibility index (Phi) is 4.08. The van der Waals surface area contributed by atoms with Crippen molar-refractivity contribution >= 4 is 7.60 Å². The number of hydrogen-bond acceptors (Lipinski definition) is 2. The van der Waals surface area contributed by atoms with Crippen LogP contribution in [-0.2, 0) is 4.57 Å². The molecule has 0 amide bonds. The predicted molar refractivity (Wildman–Crippen MR) is 58.0 cm³/mol. The lowest BCUT2D eigenvalue weighted by Gasteiger charge is -2.14. The Balaban J connectivity index is 2.96. The second-order valence-corrected chi connectivity index (χ2v) is 5.33. The molecule has 0 saturated carbocycles. The molecule has 90 valence electrons. The quantitative estimate of drug-likeness (QED) is 0.803. The molecule has 4 nitrogen and oxygen atoms in total. The fraction of sp³-hybridized carbons (Fsp3) is 0.400. The van der Waals surface area contributed by atoms with Gasteiger partial charge in [0.05, 0.1) is 0 Å². The molecule has 0 atom stereocenters. The molecular formula is C10H14FO4P. The standard InChI is InChI=1S/C10H14FO4P/c1-7(2)10-8(11)4-3-5-9(10)15-6-16(12,13)14/h3-5,7H,6H2,1-2H3,(H2,12,13,14). The van der Waals surface area contributed by atoms with E-state index in [-0.39, 0.29) is 11.7 Å². The largest absolute Gasteiger partial charge is 0.481 e. The Hall–Kier alpha value is -0.900. The van der Waals surface area contributed by atoms with E-state index >= 15 is 0 Å². The monoisotopic (exact) mass is 248 g/mol. The van der Waals surface area contributed by atoms with Gasteiger partial charge in [-0.15, -0.1) is 0 Å². The lowest BCUT2D eigenvalue weighted by Crippen LogP contribution is -2.03. The summed E-state index contributed by atoms with van der Waals surface area (Å²) in [5.41, 5.74) is 0.330. The first-order valence-electron chi connectivity index (χ1n) is 4.77. The minimum atomic E-state index is -4.24. The van der Waals surface area contributed by atoms with Gasteiger partial charge in [0.25, 0.3) is 0 Å². The van der Waals surface area contributed by atoms with E-state index in [1.54, 1.807) is 13.8 Å². The van der Waals surface area contributed by atoms with Gasteiger partial charge in [-0.2, -0.15) is 0 Å². The molecular weight excluding hydrogens is 234 g/mol. The zero-order chi connectivity index (χ0) is 12.3. The van der Waals surface area contributed by atoms with Gasteiger partial charge in [0.15, 0.2) is 6.35 Å². The Morgan fingerprint density at radius 3 is 2.56 bits per heavy atom. The second kappa shape index (κ2) is 4.95. The van der Waals surface area contributed by atoms with Gasteiger partial charge >= 0.3 is 7.60 Å². The first-order valence-corrected chi connectivity index (χ1v) is 6.57. The van der Waals surface area contributed by atoms with Crippen LogP contribution >= 0.6 is 7.60 Å². The summed E-state index contributed by atoms with van der Waals surface area (Å²) in [5, 5.41) is 0. The molecule has 1 aromatic rings. The Labute approximate surface area is 93.2 Å². The van der Waals surface area contributed by atoms with Crippen molar-refractivity contribution < 1.29 is 23.5 Å². The van der Waals surface area contributed by atoms with Crippen LogP contribution < -0.4 is 4.74 Å². The summed E-state index contributed by atoms with van der Waals surface area (Å²) in [7, 11) is -4.24. The Morgan fingerprint density at radius 2 is 2.06 bits per heavy atom. The summed E-state index contributed by atoms with van der Waals surface area (Å²) in [6.07, 6.45) is -0.740. The van der Waals surface area contributed by atoms with Crippen molar-refractivity contribution in [3.05, 3.63) is 29.6 Å². The molecule has 0 radical (unpaired) electrons. The van der Waals surface area contributed by atoms with E-state index in [1.807, 2.05) is 0 Å². The molecule has 2 N–H and O–H groups in total. The molecule has 0 aliphatic carbocycles. The second-order valence-electron chi connectivity index (χ2n) is 3.74. The van der Waals surface area contributed by atoms with E-state index in [9.17, 15) is 8.96 Å². The van der Waals surface area contributed by atoms with Gasteiger partial charge in [-0.3, -0.25) is 4.57 Å². The summed E-state index contributed by atoms with van der Waals surface area (Å²) < 4.78 is 29.0. The third-order valence-electron chi connectivity index (χ3n) is 1.98. The van der Waals surface area contributed by atoms with Gasteiger partial charge in [0.1, 0.15) is 11.6 Å². The first-order chi connectivity index (χ1) is 7.31. The molecule has 0 aliphatic heterocycles. The molecule has 0 spiro atoms. The maximum Gasteiger partial charge on any atom is 0.362 e. The highest BCUT2D eigenvalue weighted by Crippen LogP contribution is 2.36. The average Bonchev–Trinajstić information content (AvgIpc) is 2.12. The van der Waals surface area contributed by atoms with Crippen molar-refractivity contribution in [3.63, 3.8) is 0 Å². The van der Waals surface area contributed by atoms with Crippen molar-refractivity contribution in [2.45, 2.75) is 19.8 Å². The van der Waals surface area contributed by atoms with E-state index in [4.69, 9.17) is 14.5 Å². The molecule has 0 aromatic heterocycles. The van der Waals surface area contributed by atoms with Crippen molar-refractivity contribution in [3.8, 4) is 5.75 Å². The van der Waals surface area contributed by atoms with Gasteiger partial charge < -0.3 is 14.5 Å². The minimum absolute atomic E-state index is 0.118. The van der Waals surface area contributed by atoms with Crippen LogP contribution in [0.15, 0.2) is 18.2 Å². The molecule has 0 saturated heterocycles. The van der Waals surface area contributed by atoms with Crippen LogP contribution in [0.2, 0.25) is 0 Å². The van der Waals surface area contributed by atoms with E-state index in [1.165, 1.54) is 18.2 Å². The summed E-state index contributed by atoms with van der Waals surface area (Å²) >= 11 is 0. The predicted octanol–water partition coefficient (Wildman–Crippen LogP) is 2.46. The molecule has 0 aliphatic rings. The Morgan fingerprint density at radius 1 is 1.44 bits per heavy atom. The van der Waals surface area contributed by atoms with E-state index in [0.717, 1.165) is 0 Å². The van der Waals surface area contributed by atoms with Crippen molar-refractivity contribution in [1.82, 2.24) is 0 Å². The maximum absolute atomic E-state index is 13.4. The number of halogens is 1. The lowest BCUT2D eigenvalue weighted by molar-refractivity contribution is 0.297. The third-order valence-corrected chi connectivity index (χ3v) is 2.44. The number of ether oxygens (including phenoxy) is 1. The molecule has 0 bridgehead atoms. The van der Waals surface area contributed by atoms with Crippen LogP contribution in [0.25, 0.3) is 0 Å². The molecule has 6 heteroatoms. The van der Waals surface area contributed by atoms with Crippen molar-refractivity contribution in [1.29, 1.82) is 0 Å². The molecule has 1 rings (SSSR count). The SMILES string of the molecule is CC(C)c1c(F)cccc1OCP(=O)(O)O. The smallest absolute Gasteiger partial charge is 0.362 e. The number of hydrogen-bond donors (Lipinski definition) is 2. The first kappa shape index (κ1) is 13.2. The summed E-state index contributed by atoms with van der Waals surface area (Å²) in [6, 6.07) is 4.23. The van der Waals surface area contributed by atoms with Crippen LogP contribution in [0.4, 0.5) is 4.39 Å². The number of benzene rings is 1. The van der Waals surface area contributed by atoms with Gasteiger partial charge in [0, 0.05) is 5.56 Å². The Bertz CT molecular complexity index is 413. The highest BCUT2D eigenvalue weighted by Gasteiger charge is 2.18. The normalized spacial score (nSPS) is 11.9. The van der Waals surface area contributed by atoms with Crippen LogP contribution in [0.1, 0.15) is 25.3 Å². The van der Waals surface area contributed by atoms with Crippen molar-refractivity contribution in [2.24, 2.45) is 0 Å². The van der Waals surface area contributed by atoms with Crippen LogP contribution in [-0.4, -0.2) is 16.1 Å². The van der Waals surface area contributed by atoms with E-state index < -0.39 is 19.8 Å². The van der Waals surface area contributed by atoms with Gasteiger partial charge in [-0.05, 0) is 18.1 Å². The average molecular weight is 248 g/mol. The maximum atomic E-state index is 13.4.